The van der Waals surface area contributed by atoms with Gasteiger partial charge in [0.2, 0.25) is 5.91 Å². The minimum Gasteiger partial charge on any atom is -0.494 e. The number of halogens is 1. The summed E-state index contributed by atoms with van der Waals surface area (Å²) in [7, 11) is -4.05. The van der Waals surface area contributed by atoms with Crippen LogP contribution >= 0.6 is 0 Å². The maximum atomic E-state index is 13.8. The summed E-state index contributed by atoms with van der Waals surface area (Å²) in [5.41, 5.74) is 3.25. The van der Waals surface area contributed by atoms with Crippen LogP contribution in [0.2, 0.25) is 0 Å². The predicted octanol–water partition coefficient (Wildman–Crippen LogP) is 4.19. The van der Waals surface area contributed by atoms with Crippen molar-refractivity contribution in [3.63, 3.8) is 0 Å². The second-order valence-corrected chi connectivity index (χ2v) is 10.3. The van der Waals surface area contributed by atoms with Crippen LogP contribution in [0.5, 0.6) is 5.75 Å². The van der Waals surface area contributed by atoms with Gasteiger partial charge in [0.15, 0.2) is 0 Å². The van der Waals surface area contributed by atoms with Gasteiger partial charge in [-0.3, -0.25) is 19.6 Å². The van der Waals surface area contributed by atoms with Gasteiger partial charge in [-0.1, -0.05) is 12.1 Å². The van der Waals surface area contributed by atoms with Crippen molar-refractivity contribution in [1.82, 2.24) is 14.9 Å². The molecule has 0 saturated carbocycles. The molecule has 3 aromatic carbocycles. The summed E-state index contributed by atoms with van der Waals surface area (Å²) < 4.78 is 46.0. The fraction of sp³-hybridized carbons (Fsp3) is 0.148. The standard InChI is InChI=1S/C27H23FN4O5S/c1-3-37-21-12-6-17(7-13-21)24-23-25(30-29-24)27(34)32(26(23)18-4-8-19(28)9-5-18)20-10-14-22(15-11-20)38(35,36)31-16(2)33/h4-15,26H,3H2,1-2H3,(H,29,30)(H,31,33). The Morgan fingerprint density at radius 1 is 1.05 bits per heavy atom. The van der Waals surface area contributed by atoms with Crippen molar-refractivity contribution in [2.24, 2.45) is 0 Å². The SMILES string of the molecule is CCOc1ccc(-c2n[nH]c3c2C(c2ccc(F)cc2)N(c2ccc(S(=O)(=O)NC(C)=O)cc2)C3=O)cc1. The molecule has 0 bridgehead atoms. The Hall–Kier alpha value is -4.51. The number of sulfonamides is 1. The Balaban J connectivity index is 1.60. The molecular weight excluding hydrogens is 511 g/mol. The number of nitrogens with one attached hydrogen (secondary N) is 2. The summed E-state index contributed by atoms with van der Waals surface area (Å²) in [6.07, 6.45) is 0. The Morgan fingerprint density at radius 2 is 1.71 bits per heavy atom. The minimum atomic E-state index is -4.05. The molecule has 5 rings (SSSR count). The van der Waals surface area contributed by atoms with Gasteiger partial charge in [0.05, 0.1) is 23.2 Å². The van der Waals surface area contributed by atoms with Gasteiger partial charge < -0.3 is 4.74 Å². The number of nitrogens with zero attached hydrogens (tertiary/aromatic N) is 2. The van der Waals surface area contributed by atoms with Crippen molar-refractivity contribution in [1.29, 1.82) is 0 Å². The maximum absolute atomic E-state index is 13.8. The highest BCUT2D eigenvalue weighted by atomic mass is 32.2. The maximum Gasteiger partial charge on any atom is 0.277 e. The highest BCUT2D eigenvalue weighted by Crippen LogP contribution is 2.45. The fourth-order valence-electron chi connectivity index (χ4n) is 4.50. The second-order valence-electron chi connectivity index (χ2n) is 8.60. The fourth-order valence-corrected chi connectivity index (χ4v) is 5.49. The molecule has 2 N–H and O–H groups in total. The molecule has 2 amide bonds. The van der Waals surface area contributed by atoms with E-state index in [9.17, 15) is 22.4 Å². The first-order valence-electron chi connectivity index (χ1n) is 11.7. The van der Waals surface area contributed by atoms with E-state index in [2.05, 4.69) is 10.2 Å². The van der Waals surface area contributed by atoms with E-state index in [-0.39, 0.29) is 16.5 Å². The predicted molar refractivity (Wildman–Crippen MR) is 138 cm³/mol. The van der Waals surface area contributed by atoms with E-state index in [1.807, 2.05) is 35.9 Å². The van der Waals surface area contributed by atoms with Crippen LogP contribution in [0, 0.1) is 5.82 Å². The zero-order valence-corrected chi connectivity index (χ0v) is 21.3. The summed E-state index contributed by atoms with van der Waals surface area (Å²) in [6.45, 7) is 3.52. The molecule has 0 spiro atoms. The number of hydrogen-bond acceptors (Lipinski definition) is 6. The first-order chi connectivity index (χ1) is 18.2. The van der Waals surface area contributed by atoms with Crippen molar-refractivity contribution in [2.75, 3.05) is 11.5 Å². The van der Waals surface area contributed by atoms with Gasteiger partial charge in [-0.2, -0.15) is 5.10 Å². The number of hydrogen-bond donors (Lipinski definition) is 2. The molecule has 0 radical (unpaired) electrons. The first kappa shape index (κ1) is 25.2. The highest BCUT2D eigenvalue weighted by molar-refractivity contribution is 7.90. The minimum absolute atomic E-state index is 0.128. The quantitative estimate of drug-likeness (QED) is 0.367. The van der Waals surface area contributed by atoms with Gasteiger partial charge >= 0.3 is 0 Å². The van der Waals surface area contributed by atoms with Crippen LogP contribution < -0.4 is 14.4 Å². The number of aromatic amines is 1. The lowest BCUT2D eigenvalue weighted by Crippen LogP contribution is -2.30. The number of amides is 2. The smallest absolute Gasteiger partial charge is 0.277 e. The van der Waals surface area contributed by atoms with Crippen LogP contribution in [0.1, 0.15) is 41.5 Å². The summed E-state index contributed by atoms with van der Waals surface area (Å²) in [5.74, 6) is -0.814. The zero-order valence-electron chi connectivity index (χ0n) is 20.4. The van der Waals surface area contributed by atoms with Crippen LogP contribution in [0.25, 0.3) is 11.3 Å². The van der Waals surface area contributed by atoms with Crippen molar-refractivity contribution in [3.05, 3.63) is 95.4 Å². The normalized spacial score (nSPS) is 14.9. The molecule has 4 aromatic rings. The zero-order chi connectivity index (χ0) is 27.0. The van der Waals surface area contributed by atoms with Gasteiger partial charge in [-0.05, 0) is 73.2 Å². The van der Waals surface area contributed by atoms with Crippen LogP contribution in [-0.2, 0) is 14.8 Å². The Kier molecular flexibility index (Phi) is 6.45. The van der Waals surface area contributed by atoms with Gasteiger partial charge in [-0.25, -0.2) is 17.5 Å². The molecule has 0 aliphatic carbocycles. The van der Waals surface area contributed by atoms with Crippen LogP contribution in [0.15, 0.2) is 77.7 Å². The number of carbonyl (C=O) groups excluding carboxylic acids is 2. The number of carbonyl (C=O) groups is 2. The van der Waals surface area contributed by atoms with E-state index < -0.39 is 27.8 Å². The van der Waals surface area contributed by atoms with Crippen molar-refractivity contribution >= 4 is 27.5 Å². The number of anilines is 1. The lowest BCUT2D eigenvalue weighted by atomic mass is 9.96. The lowest BCUT2D eigenvalue weighted by Gasteiger charge is -2.26. The van der Waals surface area contributed by atoms with Gasteiger partial charge in [0.1, 0.15) is 17.3 Å². The van der Waals surface area contributed by atoms with Crippen LogP contribution in [0.4, 0.5) is 10.1 Å². The molecule has 11 heteroatoms. The molecule has 194 valence electrons. The second kappa shape index (κ2) is 9.75. The molecular formula is C27H23FN4O5S. The van der Waals surface area contributed by atoms with E-state index in [4.69, 9.17) is 4.74 Å². The highest BCUT2D eigenvalue weighted by Gasteiger charge is 2.43. The molecule has 9 nitrogen and oxygen atoms in total. The van der Waals surface area contributed by atoms with Gasteiger partial charge in [-0.15, -0.1) is 0 Å². The van der Waals surface area contributed by atoms with E-state index in [0.717, 1.165) is 12.5 Å². The van der Waals surface area contributed by atoms with E-state index in [0.29, 0.717) is 34.9 Å². The largest absolute Gasteiger partial charge is 0.494 e. The molecule has 0 fully saturated rings. The average Bonchev–Trinajstić information content (AvgIpc) is 3.44. The number of rotatable bonds is 7. The third-order valence-corrected chi connectivity index (χ3v) is 7.55. The van der Waals surface area contributed by atoms with Gasteiger partial charge in [0, 0.05) is 23.7 Å². The summed E-state index contributed by atoms with van der Waals surface area (Å²) >= 11 is 0. The Bertz CT molecular complexity index is 1620. The third kappa shape index (κ3) is 4.52. The monoisotopic (exact) mass is 534 g/mol. The molecule has 1 atom stereocenters. The summed E-state index contributed by atoms with van der Waals surface area (Å²) in [6, 6.07) is 18.1. The molecule has 38 heavy (non-hydrogen) atoms. The molecule has 1 aliphatic rings. The molecule has 1 aliphatic heterocycles. The topological polar surface area (TPSA) is 121 Å². The summed E-state index contributed by atoms with van der Waals surface area (Å²) in [4.78, 5) is 26.3. The third-order valence-electron chi connectivity index (χ3n) is 6.10. The van der Waals surface area contributed by atoms with Crippen molar-refractivity contribution in [3.8, 4) is 17.0 Å². The number of fused-ring (bicyclic) bond motifs is 1. The Morgan fingerprint density at radius 3 is 2.32 bits per heavy atom. The lowest BCUT2D eigenvalue weighted by molar-refractivity contribution is -0.117. The van der Waals surface area contributed by atoms with Gasteiger partial charge in [0.25, 0.3) is 15.9 Å². The molecule has 2 heterocycles. The molecule has 1 aromatic heterocycles. The number of benzene rings is 3. The number of H-pyrrole nitrogens is 1. The molecule has 1 unspecified atom stereocenters. The number of aromatic nitrogens is 2. The molecule has 0 saturated heterocycles. The van der Waals surface area contributed by atoms with E-state index >= 15 is 0 Å². The van der Waals surface area contributed by atoms with Crippen LogP contribution in [-0.4, -0.2) is 37.0 Å². The summed E-state index contributed by atoms with van der Waals surface area (Å²) in [5, 5.41) is 7.28. The van der Waals surface area contributed by atoms with Crippen molar-refractivity contribution in [2.45, 2.75) is 24.8 Å². The van der Waals surface area contributed by atoms with E-state index in [1.165, 1.54) is 41.3 Å². The average molecular weight is 535 g/mol. The first-order valence-corrected chi connectivity index (χ1v) is 13.2. The van der Waals surface area contributed by atoms with Crippen molar-refractivity contribution < 1.29 is 27.1 Å². The van der Waals surface area contributed by atoms with Crippen LogP contribution in [0.3, 0.4) is 0 Å². The number of ether oxygens (including phenoxy) is 1. The van der Waals surface area contributed by atoms with E-state index in [1.54, 1.807) is 12.1 Å². The Labute approximate surface area is 218 Å².